The Bertz CT molecular complexity index is 1570. The van der Waals surface area contributed by atoms with Crippen molar-refractivity contribution in [3.63, 3.8) is 0 Å². The number of amides is 1. The predicted molar refractivity (Wildman–Crippen MR) is 133 cm³/mol. The first-order valence-corrected chi connectivity index (χ1v) is 11.6. The molecule has 5 heterocycles. The maximum absolute atomic E-state index is 13.0. The molecule has 13 heteroatoms. The summed E-state index contributed by atoms with van der Waals surface area (Å²) in [5.74, 6) is 0.931. The lowest BCUT2D eigenvalue weighted by atomic mass is 10.2. The zero-order valence-electron chi connectivity index (χ0n) is 20.4. The zero-order chi connectivity index (χ0) is 25.6. The third-order valence-electron chi connectivity index (χ3n) is 6.58. The second kappa shape index (κ2) is 8.98. The Balaban J connectivity index is 1.37. The molecule has 186 valence electrons. The summed E-state index contributed by atoms with van der Waals surface area (Å²) in [7, 11) is 2.91. The molecule has 5 rings (SSSR count). The van der Waals surface area contributed by atoms with E-state index in [1.165, 1.54) is 35.8 Å². The first-order chi connectivity index (χ1) is 17.3. The third kappa shape index (κ3) is 3.91. The fraction of sp³-hybridized carbons (Fsp3) is 0.391. The number of hydrogen-bond donors (Lipinski definition) is 1. The van der Waals surface area contributed by atoms with Gasteiger partial charge in [-0.1, -0.05) is 0 Å². The van der Waals surface area contributed by atoms with E-state index in [9.17, 15) is 14.4 Å². The van der Waals surface area contributed by atoms with E-state index < -0.39 is 23.2 Å². The van der Waals surface area contributed by atoms with Gasteiger partial charge in [0.2, 0.25) is 11.9 Å². The van der Waals surface area contributed by atoms with Gasteiger partial charge in [-0.25, -0.2) is 29.7 Å². The second-order valence-electron chi connectivity index (χ2n) is 8.92. The molecule has 4 aromatic rings. The standard InChI is InChI=1S/C23H26N10O3/c1-13-6-5-9-32(13)22-25-10-15(11-26-22)18-24-8-7-16(28-18)29-20(34)14(2)33-12-27-19-17(33)21(35)31(4)23(36)30(19)3/h7-8,10-14H,5-6,9H2,1-4H3,(H,24,28,29,34)/t13-,14+/m1/s1. The average Bonchev–Trinajstić information content (AvgIpc) is 3.52. The topological polar surface area (TPSA) is 146 Å². The van der Waals surface area contributed by atoms with Gasteiger partial charge in [0.1, 0.15) is 11.9 Å². The Morgan fingerprint density at radius 3 is 2.56 bits per heavy atom. The van der Waals surface area contributed by atoms with E-state index in [-0.39, 0.29) is 11.2 Å². The van der Waals surface area contributed by atoms with Crippen LogP contribution in [0.3, 0.4) is 0 Å². The molecule has 2 atom stereocenters. The summed E-state index contributed by atoms with van der Waals surface area (Å²) in [5.41, 5.74) is -0.0227. The maximum Gasteiger partial charge on any atom is 0.332 e. The normalized spacial score (nSPS) is 16.4. The highest BCUT2D eigenvalue weighted by Gasteiger charge is 2.24. The van der Waals surface area contributed by atoms with Crippen LogP contribution < -0.4 is 21.5 Å². The molecule has 0 aliphatic carbocycles. The molecular formula is C23H26N10O3. The molecule has 0 unspecified atom stereocenters. The second-order valence-corrected chi connectivity index (χ2v) is 8.92. The van der Waals surface area contributed by atoms with Crippen LogP contribution in [-0.2, 0) is 18.9 Å². The molecule has 1 aliphatic heterocycles. The van der Waals surface area contributed by atoms with Crippen LogP contribution in [0, 0.1) is 0 Å². The molecule has 4 aromatic heterocycles. The Morgan fingerprint density at radius 1 is 1.11 bits per heavy atom. The van der Waals surface area contributed by atoms with Crippen molar-refractivity contribution in [1.29, 1.82) is 0 Å². The molecule has 1 N–H and O–H groups in total. The third-order valence-corrected chi connectivity index (χ3v) is 6.58. The highest BCUT2D eigenvalue weighted by molar-refractivity contribution is 5.93. The molecule has 0 aromatic carbocycles. The molecule has 0 radical (unpaired) electrons. The highest BCUT2D eigenvalue weighted by atomic mass is 16.2. The van der Waals surface area contributed by atoms with Crippen molar-refractivity contribution >= 4 is 28.8 Å². The van der Waals surface area contributed by atoms with Gasteiger partial charge in [0.15, 0.2) is 17.0 Å². The van der Waals surface area contributed by atoms with Crippen LogP contribution in [0.25, 0.3) is 22.6 Å². The van der Waals surface area contributed by atoms with Gasteiger partial charge in [0.25, 0.3) is 5.56 Å². The van der Waals surface area contributed by atoms with Crippen molar-refractivity contribution in [2.45, 2.75) is 38.8 Å². The van der Waals surface area contributed by atoms with Crippen LogP contribution in [0.2, 0.25) is 0 Å². The largest absolute Gasteiger partial charge is 0.338 e. The van der Waals surface area contributed by atoms with Gasteiger partial charge in [-0.2, -0.15) is 0 Å². The van der Waals surface area contributed by atoms with Crippen LogP contribution in [0.4, 0.5) is 11.8 Å². The molecule has 1 fully saturated rings. The molecule has 0 bridgehead atoms. The van der Waals surface area contributed by atoms with Crippen molar-refractivity contribution in [3.05, 3.63) is 51.8 Å². The number of nitrogens with zero attached hydrogens (tertiary/aromatic N) is 9. The van der Waals surface area contributed by atoms with Gasteiger partial charge in [0, 0.05) is 45.3 Å². The van der Waals surface area contributed by atoms with Gasteiger partial charge in [-0.3, -0.25) is 18.7 Å². The molecule has 0 saturated carbocycles. The fourth-order valence-electron chi connectivity index (χ4n) is 4.40. The predicted octanol–water partition coefficient (Wildman–Crippen LogP) is 0.869. The monoisotopic (exact) mass is 490 g/mol. The number of imidazole rings is 1. The van der Waals surface area contributed by atoms with Crippen LogP contribution in [0.15, 0.2) is 40.6 Å². The average molecular weight is 491 g/mol. The number of aromatic nitrogens is 8. The molecule has 1 amide bonds. The van der Waals surface area contributed by atoms with Crippen molar-refractivity contribution in [2.24, 2.45) is 14.1 Å². The molecular weight excluding hydrogens is 464 g/mol. The smallest absolute Gasteiger partial charge is 0.332 e. The maximum atomic E-state index is 13.0. The minimum Gasteiger partial charge on any atom is -0.338 e. The van der Waals surface area contributed by atoms with Crippen molar-refractivity contribution < 1.29 is 4.79 Å². The van der Waals surface area contributed by atoms with E-state index in [4.69, 9.17) is 0 Å². The lowest BCUT2D eigenvalue weighted by Gasteiger charge is -2.20. The van der Waals surface area contributed by atoms with E-state index in [1.807, 2.05) is 0 Å². The molecule has 1 saturated heterocycles. The van der Waals surface area contributed by atoms with Gasteiger partial charge in [0.05, 0.1) is 11.9 Å². The number of carbonyl (C=O) groups is 1. The summed E-state index contributed by atoms with van der Waals surface area (Å²) in [5, 5.41) is 2.76. The van der Waals surface area contributed by atoms with E-state index in [2.05, 4.69) is 42.1 Å². The number of hydrogen-bond acceptors (Lipinski definition) is 9. The summed E-state index contributed by atoms with van der Waals surface area (Å²) in [4.78, 5) is 62.0. The number of fused-ring (bicyclic) bond motifs is 1. The van der Waals surface area contributed by atoms with Crippen LogP contribution in [-0.4, -0.2) is 57.1 Å². The van der Waals surface area contributed by atoms with Crippen LogP contribution in [0.1, 0.15) is 32.7 Å². The van der Waals surface area contributed by atoms with Crippen LogP contribution >= 0.6 is 0 Å². The first-order valence-electron chi connectivity index (χ1n) is 11.6. The van der Waals surface area contributed by atoms with Gasteiger partial charge < -0.3 is 14.8 Å². The molecule has 0 spiro atoms. The first kappa shape index (κ1) is 23.3. The Hall–Kier alpha value is -4.42. The summed E-state index contributed by atoms with van der Waals surface area (Å²) >= 11 is 0. The molecule has 13 nitrogen and oxygen atoms in total. The quantitative estimate of drug-likeness (QED) is 0.430. The van der Waals surface area contributed by atoms with Gasteiger partial charge >= 0.3 is 5.69 Å². The molecule has 1 aliphatic rings. The Morgan fingerprint density at radius 2 is 1.86 bits per heavy atom. The van der Waals surface area contributed by atoms with E-state index in [0.717, 1.165) is 24.0 Å². The van der Waals surface area contributed by atoms with Crippen molar-refractivity contribution in [3.8, 4) is 11.4 Å². The summed E-state index contributed by atoms with van der Waals surface area (Å²) in [6, 6.07) is 1.18. The number of anilines is 2. The van der Waals surface area contributed by atoms with Crippen molar-refractivity contribution in [1.82, 2.24) is 38.6 Å². The summed E-state index contributed by atoms with van der Waals surface area (Å²) in [6.45, 7) is 4.73. The number of aryl methyl sites for hydroxylation is 1. The Labute approximate surface area is 205 Å². The lowest BCUT2D eigenvalue weighted by molar-refractivity contribution is -0.118. The number of rotatable bonds is 5. The van der Waals surface area contributed by atoms with Gasteiger partial charge in [-0.05, 0) is 32.8 Å². The fourth-order valence-corrected chi connectivity index (χ4v) is 4.40. The number of carbonyl (C=O) groups excluding carboxylic acids is 1. The zero-order valence-corrected chi connectivity index (χ0v) is 20.4. The SMILES string of the molecule is C[C@@H]1CCCN1c1ncc(-c2nccc(NC(=O)[C@H](C)n3cnc4c3c(=O)n(C)c(=O)n4C)n2)cn1. The Kier molecular flexibility index (Phi) is 5.82. The minimum atomic E-state index is -0.802. The summed E-state index contributed by atoms with van der Waals surface area (Å²) in [6.07, 6.45) is 8.51. The lowest BCUT2D eigenvalue weighted by Crippen LogP contribution is -2.38. The van der Waals surface area contributed by atoms with Crippen molar-refractivity contribution in [2.75, 3.05) is 16.8 Å². The highest BCUT2D eigenvalue weighted by Crippen LogP contribution is 2.23. The minimum absolute atomic E-state index is 0.162. The van der Waals surface area contributed by atoms with Crippen LogP contribution in [0.5, 0.6) is 0 Å². The van der Waals surface area contributed by atoms with E-state index in [1.54, 1.807) is 25.4 Å². The van der Waals surface area contributed by atoms with Gasteiger partial charge in [-0.15, -0.1) is 0 Å². The van der Waals surface area contributed by atoms with E-state index in [0.29, 0.717) is 29.2 Å². The molecule has 36 heavy (non-hydrogen) atoms. The summed E-state index contributed by atoms with van der Waals surface area (Å²) < 4.78 is 3.70. The number of nitrogens with one attached hydrogen (secondary N) is 1. The van der Waals surface area contributed by atoms with E-state index >= 15 is 0 Å².